The summed E-state index contributed by atoms with van der Waals surface area (Å²) >= 11 is 0. The molecular weight excluding hydrogens is 312 g/mol. The first-order chi connectivity index (χ1) is 11.6. The van der Waals surface area contributed by atoms with E-state index in [0.717, 1.165) is 11.6 Å². The van der Waals surface area contributed by atoms with E-state index in [9.17, 15) is 20.0 Å². The van der Waals surface area contributed by atoms with Gasteiger partial charge in [0.15, 0.2) is 5.75 Å². The van der Waals surface area contributed by atoms with E-state index in [1.54, 1.807) is 4.90 Å². The highest BCUT2D eigenvalue weighted by atomic mass is 16.6. The Morgan fingerprint density at radius 3 is 2.71 bits per heavy atom. The lowest BCUT2D eigenvalue weighted by Gasteiger charge is -2.33. The fraction of sp³-hybridized carbons (Fsp3) is 0.235. The normalized spacial score (nSPS) is 17.5. The van der Waals surface area contributed by atoms with Crippen molar-refractivity contribution < 1.29 is 19.6 Å². The Bertz CT molecular complexity index is 763. The number of phenolic OH excluding ortho intramolecular Hbond substituents is 1. The van der Waals surface area contributed by atoms with Crippen LogP contribution >= 0.6 is 0 Å². The molecule has 7 heteroatoms. The fourth-order valence-corrected chi connectivity index (χ4v) is 2.69. The van der Waals surface area contributed by atoms with Crippen LogP contribution in [0.5, 0.6) is 5.75 Å². The maximum absolute atomic E-state index is 12.6. The molecule has 1 saturated heterocycles. The molecule has 1 N–H and O–H groups in total. The van der Waals surface area contributed by atoms with Gasteiger partial charge in [0.25, 0.3) is 5.91 Å². The van der Waals surface area contributed by atoms with E-state index in [1.165, 1.54) is 12.1 Å². The van der Waals surface area contributed by atoms with Crippen molar-refractivity contribution in [2.75, 3.05) is 19.7 Å². The predicted octanol–water partition coefficient (Wildman–Crippen LogP) is 2.51. The second-order valence-corrected chi connectivity index (χ2v) is 5.48. The number of benzene rings is 2. The van der Waals surface area contributed by atoms with Gasteiger partial charge in [0, 0.05) is 18.2 Å². The Morgan fingerprint density at radius 2 is 2.00 bits per heavy atom. The van der Waals surface area contributed by atoms with Crippen molar-refractivity contribution in [3.05, 3.63) is 69.8 Å². The van der Waals surface area contributed by atoms with Crippen LogP contribution in [0, 0.1) is 10.1 Å². The van der Waals surface area contributed by atoms with Gasteiger partial charge in [-0.15, -0.1) is 0 Å². The first kappa shape index (κ1) is 15.9. The number of carbonyl (C=O) groups excluding carboxylic acids is 1. The number of phenols is 1. The molecule has 1 fully saturated rings. The number of aromatic hydroxyl groups is 1. The van der Waals surface area contributed by atoms with Crippen LogP contribution in [0.2, 0.25) is 0 Å². The number of nitrogens with zero attached hydrogens (tertiary/aromatic N) is 2. The Hall–Kier alpha value is -2.93. The monoisotopic (exact) mass is 328 g/mol. The molecular formula is C17H16N2O5. The molecule has 7 nitrogen and oxygen atoms in total. The fourth-order valence-electron chi connectivity index (χ4n) is 2.69. The van der Waals surface area contributed by atoms with E-state index in [0.29, 0.717) is 19.7 Å². The number of amides is 1. The highest BCUT2D eigenvalue weighted by molar-refractivity contribution is 5.95. The Balaban J connectivity index is 1.80. The number of morpholine rings is 1. The van der Waals surface area contributed by atoms with Crippen LogP contribution in [0.25, 0.3) is 0 Å². The summed E-state index contributed by atoms with van der Waals surface area (Å²) in [6, 6.07) is 13.2. The largest absolute Gasteiger partial charge is 0.502 e. The molecule has 0 bridgehead atoms. The van der Waals surface area contributed by atoms with Crippen molar-refractivity contribution in [1.29, 1.82) is 0 Å². The standard InChI is InChI=1S/C17H16N2O5/c20-15-7-6-13(10-14(15)19(22)23)17(21)18-8-9-24-16(11-18)12-4-2-1-3-5-12/h1-7,10,16,20H,8-9,11H2/t16-/m0/s1. The van der Waals surface area contributed by atoms with E-state index < -0.39 is 16.4 Å². The highest BCUT2D eigenvalue weighted by Gasteiger charge is 2.27. The van der Waals surface area contributed by atoms with E-state index in [2.05, 4.69) is 0 Å². The van der Waals surface area contributed by atoms with Gasteiger partial charge in [-0.25, -0.2) is 0 Å². The van der Waals surface area contributed by atoms with Crippen LogP contribution in [-0.4, -0.2) is 40.5 Å². The lowest BCUT2D eigenvalue weighted by Crippen LogP contribution is -2.42. The van der Waals surface area contributed by atoms with Crippen LogP contribution in [0.3, 0.4) is 0 Å². The zero-order valence-electron chi connectivity index (χ0n) is 12.8. The topological polar surface area (TPSA) is 92.9 Å². The maximum Gasteiger partial charge on any atom is 0.311 e. The molecule has 24 heavy (non-hydrogen) atoms. The quantitative estimate of drug-likeness (QED) is 0.690. The zero-order valence-corrected chi connectivity index (χ0v) is 12.8. The summed E-state index contributed by atoms with van der Waals surface area (Å²) in [4.78, 5) is 24.4. The van der Waals surface area contributed by atoms with Crippen LogP contribution in [-0.2, 0) is 4.74 Å². The maximum atomic E-state index is 12.6. The third kappa shape index (κ3) is 3.21. The smallest absolute Gasteiger partial charge is 0.311 e. The van der Waals surface area contributed by atoms with Crippen molar-refractivity contribution in [2.45, 2.75) is 6.10 Å². The number of ether oxygens (including phenoxy) is 1. The van der Waals surface area contributed by atoms with Crippen LogP contribution in [0.1, 0.15) is 22.0 Å². The van der Waals surface area contributed by atoms with Gasteiger partial charge in [0.2, 0.25) is 0 Å². The average Bonchev–Trinajstić information content (AvgIpc) is 2.62. The van der Waals surface area contributed by atoms with Crippen molar-refractivity contribution in [1.82, 2.24) is 4.90 Å². The van der Waals surface area contributed by atoms with E-state index in [-0.39, 0.29) is 17.6 Å². The summed E-state index contributed by atoms with van der Waals surface area (Å²) in [6.07, 6.45) is -0.226. The SMILES string of the molecule is O=C(c1ccc(O)c([N+](=O)[O-])c1)N1CCO[C@H](c2ccccc2)C1. The van der Waals surface area contributed by atoms with Crippen molar-refractivity contribution in [3.8, 4) is 5.75 Å². The van der Waals surface area contributed by atoms with Gasteiger partial charge in [-0.2, -0.15) is 0 Å². The highest BCUT2D eigenvalue weighted by Crippen LogP contribution is 2.28. The number of hydrogen-bond acceptors (Lipinski definition) is 5. The van der Waals surface area contributed by atoms with Gasteiger partial charge in [-0.1, -0.05) is 30.3 Å². The zero-order chi connectivity index (χ0) is 17.1. The van der Waals surface area contributed by atoms with Crippen LogP contribution < -0.4 is 0 Å². The molecule has 124 valence electrons. The summed E-state index contributed by atoms with van der Waals surface area (Å²) in [5.41, 5.74) is 0.675. The summed E-state index contributed by atoms with van der Waals surface area (Å²) in [5, 5.41) is 20.4. The Morgan fingerprint density at radius 1 is 1.25 bits per heavy atom. The van der Waals surface area contributed by atoms with Crippen molar-refractivity contribution in [3.63, 3.8) is 0 Å². The second kappa shape index (κ2) is 6.67. The van der Waals surface area contributed by atoms with E-state index >= 15 is 0 Å². The lowest BCUT2D eigenvalue weighted by atomic mass is 10.1. The predicted molar refractivity (Wildman–Crippen MR) is 85.8 cm³/mol. The van der Waals surface area contributed by atoms with E-state index in [1.807, 2.05) is 30.3 Å². The van der Waals surface area contributed by atoms with Crippen molar-refractivity contribution in [2.24, 2.45) is 0 Å². The summed E-state index contributed by atoms with van der Waals surface area (Å²) < 4.78 is 5.72. The van der Waals surface area contributed by atoms with Gasteiger partial charge in [-0.3, -0.25) is 14.9 Å². The molecule has 1 aliphatic rings. The molecule has 0 saturated carbocycles. The Labute approximate surface area is 138 Å². The molecule has 1 atom stereocenters. The number of rotatable bonds is 3. The van der Waals surface area contributed by atoms with Gasteiger partial charge >= 0.3 is 5.69 Å². The summed E-state index contributed by atoms with van der Waals surface area (Å²) in [6.45, 7) is 1.18. The second-order valence-electron chi connectivity index (χ2n) is 5.48. The first-order valence-corrected chi connectivity index (χ1v) is 7.49. The third-order valence-corrected chi connectivity index (χ3v) is 3.94. The number of hydrogen-bond donors (Lipinski definition) is 1. The van der Waals surface area contributed by atoms with Crippen molar-refractivity contribution >= 4 is 11.6 Å². The molecule has 3 rings (SSSR count). The van der Waals surface area contributed by atoms with Gasteiger partial charge < -0.3 is 14.7 Å². The molecule has 0 radical (unpaired) electrons. The number of nitro groups is 1. The molecule has 2 aromatic carbocycles. The first-order valence-electron chi connectivity index (χ1n) is 7.49. The summed E-state index contributed by atoms with van der Waals surface area (Å²) in [5.74, 6) is -0.775. The minimum absolute atomic E-state index is 0.174. The van der Waals surface area contributed by atoms with Gasteiger partial charge in [0.05, 0.1) is 18.1 Å². The van der Waals surface area contributed by atoms with Crippen LogP contribution in [0.15, 0.2) is 48.5 Å². The van der Waals surface area contributed by atoms with E-state index in [4.69, 9.17) is 4.74 Å². The molecule has 2 aromatic rings. The van der Waals surface area contributed by atoms with Gasteiger partial charge in [0.1, 0.15) is 6.10 Å². The number of carbonyl (C=O) groups is 1. The lowest BCUT2D eigenvalue weighted by molar-refractivity contribution is -0.385. The summed E-state index contributed by atoms with van der Waals surface area (Å²) in [7, 11) is 0. The molecule has 1 amide bonds. The molecule has 1 heterocycles. The molecule has 0 spiro atoms. The third-order valence-electron chi connectivity index (χ3n) is 3.94. The molecule has 0 aromatic heterocycles. The molecule has 0 aliphatic carbocycles. The minimum atomic E-state index is -0.710. The Kier molecular flexibility index (Phi) is 4.43. The van der Waals surface area contributed by atoms with Crippen LogP contribution in [0.4, 0.5) is 5.69 Å². The molecule has 0 unspecified atom stereocenters. The average molecular weight is 328 g/mol. The van der Waals surface area contributed by atoms with Gasteiger partial charge in [-0.05, 0) is 17.7 Å². The minimum Gasteiger partial charge on any atom is -0.502 e. The number of nitro benzene ring substituents is 1. The molecule has 1 aliphatic heterocycles.